The van der Waals surface area contributed by atoms with Crippen molar-refractivity contribution in [1.82, 2.24) is 0 Å². The van der Waals surface area contributed by atoms with Crippen LogP contribution in [0.5, 0.6) is 0 Å². The third-order valence-corrected chi connectivity index (χ3v) is 2.63. The van der Waals surface area contributed by atoms with Crippen molar-refractivity contribution in [2.24, 2.45) is 0 Å². The molecule has 0 aromatic heterocycles. The van der Waals surface area contributed by atoms with E-state index in [1.165, 1.54) is 0 Å². The Morgan fingerprint density at radius 1 is 1.64 bits per heavy atom. The first-order valence-corrected chi connectivity index (χ1v) is 6.26. The van der Waals surface area contributed by atoms with Crippen LogP contribution in [-0.2, 0) is 9.47 Å². The van der Waals surface area contributed by atoms with E-state index in [9.17, 15) is 4.79 Å². The second-order valence-corrected chi connectivity index (χ2v) is 4.97. The van der Waals surface area contributed by atoms with E-state index in [1.807, 2.05) is 12.2 Å². The predicted molar refractivity (Wildman–Crippen MR) is 46.2 cm³/mol. The molecule has 1 atom stereocenters. The Balaban J connectivity index is 3.37. The molecule has 0 N–H and O–H groups in total. The lowest BCUT2D eigenvalue weighted by molar-refractivity contribution is 0.0710. The molecule has 64 valence electrons. The van der Waals surface area contributed by atoms with E-state index < -0.39 is 15.0 Å². The Bertz CT molecular complexity index is 136. The van der Waals surface area contributed by atoms with E-state index in [0.717, 1.165) is 0 Å². The topological polar surface area (TPSA) is 35.5 Å². The van der Waals surface area contributed by atoms with E-state index in [1.54, 1.807) is 6.92 Å². The Morgan fingerprint density at radius 3 is 2.73 bits per heavy atom. The first-order chi connectivity index (χ1) is 5.20. The van der Waals surface area contributed by atoms with E-state index in [0.29, 0.717) is 12.8 Å². The maximum Gasteiger partial charge on any atom is 0.507 e. The predicted octanol–water partition coefficient (Wildman–Crippen LogP) is 1.28. The molecular weight excluding hydrogens is 160 g/mol. The summed E-state index contributed by atoms with van der Waals surface area (Å²) in [5.74, 6) is 0. The normalized spacial score (nSPS) is 11.8. The van der Waals surface area contributed by atoms with E-state index in [4.69, 9.17) is 4.74 Å². The quantitative estimate of drug-likeness (QED) is 0.476. The molecule has 4 heteroatoms. The van der Waals surface area contributed by atoms with Crippen LogP contribution >= 0.6 is 0 Å². The van der Waals surface area contributed by atoms with Crippen molar-refractivity contribution in [1.29, 1.82) is 0 Å². The molecule has 11 heavy (non-hydrogen) atoms. The Kier molecular flexibility index (Phi) is 5.55. The minimum Gasteiger partial charge on any atom is -0.438 e. The van der Waals surface area contributed by atoms with Gasteiger partial charge in [0.2, 0.25) is 0 Å². The second-order valence-electron chi connectivity index (χ2n) is 2.21. The summed E-state index contributed by atoms with van der Waals surface area (Å²) in [5, 5.41) is 0. The van der Waals surface area contributed by atoms with Crippen molar-refractivity contribution in [3.8, 4) is 0 Å². The monoisotopic (exact) mass is 174 g/mol. The summed E-state index contributed by atoms with van der Waals surface area (Å²) >= 11 is 0. The molecule has 0 rings (SSSR count). The molecule has 0 saturated heterocycles. The lowest BCUT2D eigenvalue weighted by atomic mass is 10.9. The highest BCUT2D eigenvalue weighted by Gasteiger charge is 2.04. The Hall–Kier alpha value is -0.773. The number of hydrogen-bond acceptors (Lipinski definition) is 3. The van der Waals surface area contributed by atoms with Gasteiger partial charge in [-0.3, -0.25) is 0 Å². The Morgan fingerprint density at radius 2 is 2.27 bits per heavy atom. The Labute approximate surface area is 68.6 Å². The molecule has 3 nitrogen and oxygen atoms in total. The third-order valence-electron chi connectivity index (χ3n) is 1.13. The van der Waals surface area contributed by atoms with Gasteiger partial charge in [0.1, 0.15) is 8.80 Å². The van der Waals surface area contributed by atoms with Crippen LogP contribution in [0.3, 0.4) is 0 Å². The highest BCUT2D eigenvalue weighted by Crippen LogP contribution is 1.88. The molecule has 0 aliphatic carbocycles. The molecule has 0 amide bonds. The van der Waals surface area contributed by atoms with Gasteiger partial charge >= 0.3 is 6.16 Å². The summed E-state index contributed by atoms with van der Waals surface area (Å²) in [6, 6.07) is 0. The van der Waals surface area contributed by atoms with Crippen LogP contribution in [0.25, 0.3) is 0 Å². The SMILES string of the molecule is C=C[SiH](C)COC(=O)OCC. The zero-order valence-electron chi connectivity index (χ0n) is 7.00. The molecule has 0 radical (unpaired) electrons. The number of carbonyl (C=O) groups excluding carboxylic acids is 1. The molecule has 0 aromatic carbocycles. The highest BCUT2D eigenvalue weighted by atomic mass is 28.3. The molecule has 0 aromatic rings. The highest BCUT2D eigenvalue weighted by molar-refractivity contribution is 6.62. The molecule has 0 heterocycles. The van der Waals surface area contributed by atoms with E-state index >= 15 is 0 Å². The van der Waals surface area contributed by atoms with Crippen LogP contribution < -0.4 is 0 Å². The fourth-order valence-electron chi connectivity index (χ4n) is 0.427. The zero-order chi connectivity index (χ0) is 8.69. The van der Waals surface area contributed by atoms with Crippen LogP contribution in [0.2, 0.25) is 6.55 Å². The molecule has 1 unspecified atom stereocenters. The summed E-state index contributed by atoms with van der Waals surface area (Å²) in [5.41, 5.74) is 1.86. The maximum absolute atomic E-state index is 10.6. The average Bonchev–Trinajstić information content (AvgIpc) is 2.01. The summed E-state index contributed by atoms with van der Waals surface area (Å²) in [4.78, 5) is 10.6. The third kappa shape index (κ3) is 5.66. The molecule has 0 fully saturated rings. The number of hydrogen-bond donors (Lipinski definition) is 0. The van der Waals surface area contributed by atoms with Crippen molar-refractivity contribution >= 4 is 15.0 Å². The summed E-state index contributed by atoms with van der Waals surface area (Å²) in [6.45, 7) is 7.77. The second kappa shape index (κ2) is 5.97. The van der Waals surface area contributed by atoms with Gasteiger partial charge in [-0.1, -0.05) is 6.55 Å². The summed E-state index contributed by atoms with van der Waals surface area (Å²) in [6.07, 6.45) is -0.101. The molecule has 0 aliphatic rings. The van der Waals surface area contributed by atoms with Gasteiger partial charge in [0, 0.05) is 0 Å². The van der Waals surface area contributed by atoms with Gasteiger partial charge in [-0.2, -0.15) is 0 Å². The first-order valence-electron chi connectivity index (χ1n) is 3.62. The lowest BCUT2D eigenvalue weighted by Crippen LogP contribution is -2.18. The largest absolute Gasteiger partial charge is 0.507 e. The standard InChI is InChI=1S/C7H14O3Si/c1-4-9-7(8)10-6-11(3)5-2/h5,11H,2,4,6H2,1,3H3. The van der Waals surface area contributed by atoms with Crippen LogP contribution in [0.1, 0.15) is 6.92 Å². The van der Waals surface area contributed by atoms with E-state index in [2.05, 4.69) is 11.3 Å². The lowest BCUT2D eigenvalue weighted by Gasteiger charge is -2.05. The summed E-state index contributed by atoms with van der Waals surface area (Å²) in [7, 11) is -1.02. The van der Waals surface area contributed by atoms with Gasteiger partial charge in [-0.05, 0) is 6.92 Å². The fraction of sp³-hybridized carbons (Fsp3) is 0.571. The van der Waals surface area contributed by atoms with Crippen molar-refractivity contribution in [3.63, 3.8) is 0 Å². The number of ether oxygens (including phenoxy) is 2. The molecular formula is C7H14O3Si. The van der Waals surface area contributed by atoms with Crippen molar-refractivity contribution in [2.45, 2.75) is 13.5 Å². The zero-order valence-corrected chi connectivity index (χ0v) is 8.16. The summed E-state index contributed by atoms with van der Waals surface area (Å²) < 4.78 is 9.33. The molecule has 0 aliphatic heterocycles. The van der Waals surface area contributed by atoms with Crippen LogP contribution in [0, 0.1) is 0 Å². The fourth-order valence-corrected chi connectivity index (χ4v) is 0.962. The van der Waals surface area contributed by atoms with Crippen molar-refractivity contribution in [2.75, 3.05) is 12.8 Å². The van der Waals surface area contributed by atoms with Gasteiger partial charge in [0.15, 0.2) is 0 Å². The van der Waals surface area contributed by atoms with Gasteiger partial charge in [0.05, 0.1) is 12.8 Å². The molecule has 0 bridgehead atoms. The van der Waals surface area contributed by atoms with Gasteiger partial charge < -0.3 is 9.47 Å². The van der Waals surface area contributed by atoms with Gasteiger partial charge in [0.25, 0.3) is 0 Å². The maximum atomic E-state index is 10.6. The van der Waals surface area contributed by atoms with Crippen LogP contribution in [0.15, 0.2) is 12.3 Å². The van der Waals surface area contributed by atoms with Crippen LogP contribution in [0.4, 0.5) is 4.79 Å². The van der Waals surface area contributed by atoms with Crippen molar-refractivity contribution in [3.05, 3.63) is 12.3 Å². The van der Waals surface area contributed by atoms with Crippen LogP contribution in [-0.4, -0.2) is 27.8 Å². The number of carbonyl (C=O) groups is 1. The minimum absolute atomic E-state index is 0.364. The van der Waals surface area contributed by atoms with Gasteiger partial charge in [-0.25, -0.2) is 4.79 Å². The van der Waals surface area contributed by atoms with E-state index in [-0.39, 0.29) is 0 Å². The molecule has 0 spiro atoms. The minimum atomic E-state index is -1.02. The van der Waals surface area contributed by atoms with Gasteiger partial charge in [-0.15, -0.1) is 12.3 Å². The average molecular weight is 174 g/mol. The van der Waals surface area contributed by atoms with Crippen molar-refractivity contribution < 1.29 is 14.3 Å². The first kappa shape index (κ1) is 10.2. The molecule has 0 saturated carbocycles. The smallest absolute Gasteiger partial charge is 0.438 e. The number of rotatable bonds is 4.